The standard InChI is InChI=1S/C28H24N4O9S/c1-15-10-16(2)25(17(3)11-15)29-24(33)14-30-27(34)23(42-28(30)35)12-18-6-5-7-22(40-4)26(18)41-21-9-8-19(31(36)37)13-20(21)32(38)39/h5-13H,14H2,1-4H3,(H,29,33)/b23-12+. The van der Waals surface area contributed by atoms with Crippen molar-refractivity contribution in [2.45, 2.75) is 20.8 Å². The van der Waals surface area contributed by atoms with Crippen LogP contribution in [0.1, 0.15) is 22.3 Å². The van der Waals surface area contributed by atoms with Crippen molar-refractivity contribution in [1.82, 2.24) is 4.90 Å². The Morgan fingerprint density at radius 2 is 1.69 bits per heavy atom. The van der Waals surface area contributed by atoms with Crippen molar-refractivity contribution in [3.05, 3.63) is 95.9 Å². The second-order valence-electron chi connectivity index (χ2n) is 9.24. The first-order valence-electron chi connectivity index (χ1n) is 12.3. The third-order valence-electron chi connectivity index (χ3n) is 6.19. The Bertz CT molecular complexity index is 1660. The minimum absolute atomic E-state index is 0.0215. The van der Waals surface area contributed by atoms with E-state index in [2.05, 4.69) is 5.32 Å². The molecule has 0 bridgehead atoms. The molecule has 1 fully saturated rings. The van der Waals surface area contributed by atoms with Crippen LogP contribution in [-0.4, -0.2) is 45.5 Å². The second kappa shape index (κ2) is 12.1. The molecule has 0 unspecified atom stereocenters. The number of nitrogens with zero attached hydrogens (tertiary/aromatic N) is 3. The highest BCUT2D eigenvalue weighted by molar-refractivity contribution is 8.18. The smallest absolute Gasteiger partial charge is 0.318 e. The zero-order chi connectivity index (χ0) is 30.7. The molecule has 0 radical (unpaired) electrons. The summed E-state index contributed by atoms with van der Waals surface area (Å²) in [6.07, 6.45) is 1.34. The van der Waals surface area contributed by atoms with Crippen LogP contribution < -0.4 is 14.8 Å². The van der Waals surface area contributed by atoms with Gasteiger partial charge in [0.05, 0.1) is 27.9 Å². The van der Waals surface area contributed by atoms with Gasteiger partial charge < -0.3 is 14.8 Å². The molecule has 14 heteroatoms. The molecule has 1 aliphatic rings. The Morgan fingerprint density at radius 3 is 2.31 bits per heavy atom. The van der Waals surface area contributed by atoms with Gasteiger partial charge in [0.15, 0.2) is 11.5 Å². The van der Waals surface area contributed by atoms with Crippen LogP contribution >= 0.6 is 11.8 Å². The Kier molecular flexibility index (Phi) is 8.57. The van der Waals surface area contributed by atoms with Crippen LogP contribution in [0.5, 0.6) is 17.2 Å². The van der Waals surface area contributed by atoms with Crippen molar-refractivity contribution in [3.63, 3.8) is 0 Å². The molecule has 216 valence electrons. The predicted molar refractivity (Wildman–Crippen MR) is 155 cm³/mol. The van der Waals surface area contributed by atoms with E-state index in [4.69, 9.17) is 9.47 Å². The number of nitro groups is 2. The third-order valence-corrected chi connectivity index (χ3v) is 7.10. The number of para-hydroxylation sites is 1. The number of ether oxygens (including phenoxy) is 2. The molecule has 1 aliphatic heterocycles. The van der Waals surface area contributed by atoms with E-state index in [1.807, 2.05) is 32.9 Å². The van der Waals surface area contributed by atoms with Gasteiger partial charge in [-0.05, 0) is 61.9 Å². The molecule has 1 heterocycles. The molecule has 4 rings (SSSR count). The summed E-state index contributed by atoms with van der Waals surface area (Å²) in [7, 11) is 1.33. The number of thioether (sulfide) groups is 1. The average Bonchev–Trinajstić information content (AvgIpc) is 3.18. The number of hydrogen-bond donors (Lipinski definition) is 1. The molecule has 42 heavy (non-hydrogen) atoms. The zero-order valence-corrected chi connectivity index (χ0v) is 23.6. The number of benzene rings is 3. The highest BCUT2D eigenvalue weighted by atomic mass is 32.2. The molecule has 3 aromatic rings. The van der Waals surface area contributed by atoms with Gasteiger partial charge in [-0.25, -0.2) is 0 Å². The zero-order valence-electron chi connectivity index (χ0n) is 22.8. The number of aryl methyl sites for hydroxylation is 3. The van der Waals surface area contributed by atoms with E-state index >= 15 is 0 Å². The molecule has 1 saturated heterocycles. The lowest BCUT2D eigenvalue weighted by Crippen LogP contribution is -2.36. The summed E-state index contributed by atoms with van der Waals surface area (Å²) in [5.74, 6) is -1.47. The number of rotatable bonds is 9. The van der Waals surface area contributed by atoms with Crippen LogP contribution in [0, 0.1) is 41.0 Å². The van der Waals surface area contributed by atoms with E-state index in [1.165, 1.54) is 25.3 Å². The lowest BCUT2D eigenvalue weighted by Gasteiger charge is -2.16. The van der Waals surface area contributed by atoms with E-state index in [9.17, 15) is 34.6 Å². The fourth-order valence-electron chi connectivity index (χ4n) is 4.35. The largest absolute Gasteiger partial charge is 0.493 e. The van der Waals surface area contributed by atoms with Gasteiger partial charge in [0.2, 0.25) is 11.7 Å². The minimum atomic E-state index is -0.826. The van der Waals surface area contributed by atoms with Crippen LogP contribution in [0.15, 0.2) is 53.4 Å². The van der Waals surface area contributed by atoms with Crippen LogP contribution in [0.25, 0.3) is 6.08 Å². The number of methoxy groups -OCH3 is 1. The quantitative estimate of drug-likeness (QED) is 0.179. The highest BCUT2D eigenvalue weighted by Gasteiger charge is 2.37. The number of carbonyl (C=O) groups excluding carboxylic acids is 3. The van der Waals surface area contributed by atoms with E-state index in [0.717, 1.165) is 39.8 Å². The van der Waals surface area contributed by atoms with Crippen LogP contribution in [0.4, 0.5) is 21.9 Å². The lowest BCUT2D eigenvalue weighted by molar-refractivity contribution is -0.394. The van der Waals surface area contributed by atoms with Gasteiger partial charge in [-0.2, -0.15) is 0 Å². The number of anilines is 1. The van der Waals surface area contributed by atoms with Crippen LogP contribution in [0.3, 0.4) is 0 Å². The minimum Gasteiger partial charge on any atom is -0.493 e. The Hall–Kier alpha value is -5.24. The summed E-state index contributed by atoms with van der Waals surface area (Å²) in [5, 5.41) is 24.8. The molecule has 0 atom stereocenters. The number of imide groups is 1. The first-order valence-corrected chi connectivity index (χ1v) is 13.1. The molecule has 3 amide bonds. The van der Waals surface area contributed by atoms with Gasteiger partial charge in [0, 0.05) is 17.3 Å². The maximum atomic E-state index is 13.2. The molecule has 13 nitrogen and oxygen atoms in total. The van der Waals surface area contributed by atoms with Crippen molar-refractivity contribution in [3.8, 4) is 17.2 Å². The molecule has 0 saturated carbocycles. The number of nitrogens with one attached hydrogen (secondary N) is 1. The Morgan fingerprint density at radius 1 is 1.00 bits per heavy atom. The number of amides is 3. The number of carbonyl (C=O) groups is 3. The summed E-state index contributed by atoms with van der Waals surface area (Å²) in [6, 6.07) is 11.3. The van der Waals surface area contributed by atoms with Gasteiger partial charge in [-0.15, -0.1) is 0 Å². The first kappa shape index (κ1) is 29.7. The monoisotopic (exact) mass is 592 g/mol. The van der Waals surface area contributed by atoms with Gasteiger partial charge in [-0.1, -0.05) is 29.8 Å². The van der Waals surface area contributed by atoms with E-state index in [1.54, 1.807) is 6.07 Å². The van der Waals surface area contributed by atoms with E-state index < -0.39 is 44.8 Å². The average molecular weight is 593 g/mol. The molecule has 0 aliphatic carbocycles. The number of nitro benzene ring substituents is 2. The number of non-ortho nitro benzene ring substituents is 1. The maximum absolute atomic E-state index is 13.2. The number of hydrogen-bond acceptors (Lipinski definition) is 10. The molecule has 3 aromatic carbocycles. The Balaban J connectivity index is 1.61. The fourth-order valence-corrected chi connectivity index (χ4v) is 5.18. The normalized spacial score (nSPS) is 13.8. The lowest BCUT2D eigenvalue weighted by atomic mass is 10.1. The summed E-state index contributed by atoms with van der Waals surface area (Å²) in [6.45, 7) is 5.12. The predicted octanol–water partition coefficient (Wildman–Crippen LogP) is 5.90. The summed E-state index contributed by atoms with van der Waals surface area (Å²) in [5.41, 5.74) is 2.38. The molecule has 0 aromatic heterocycles. The second-order valence-corrected chi connectivity index (χ2v) is 10.2. The van der Waals surface area contributed by atoms with Crippen molar-refractivity contribution >= 4 is 52.0 Å². The van der Waals surface area contributed by atoms with Crippen LogP contribution in [-0.2, 0) is 9.59 Å². The fraction of sp³-hybridized carbons (Fsp3) is 0.179. The SMILES string of the molecule is COc1cccc(/C=C2/SC(=O)N(CC(=O)Nc3c(C)cc(C)cc3C)C2=O)c1Oc1ccc([N+](=O)[O-])cc1[N+](=O)[O-]. The van der Waals surface area contributed by atoms with Gasteiger partial charge in [0.1, 0.15) is 6.54 Å². The topological polar surface area (TPSA) is 171 Å². The van der Waals surface area contributed by atoms with E-state index in [-0.39, 0.29) is 27.7 Å². The highest BCUT2D eigenvalue weighted by Crippen LogP contribution is 2.42. The summed E-state index contributed by atoms with van der Waals surface area (Å²) in [4.78, 5) is 60.6. The Labute approximate surface area is 243 Å². The van der Waals surface area contributed by atoms with E-state index in [0.29, 0.717) is 17.4 Å². The third kappa shape index (κ3) is 6.23. The maximum Gasteiger partial charge on any atom is 0.318 e. The summed E-state index contributed by atoms with van der Waals surface area (Å²) < 4.78 is 11.1. The molecular weight excluding hydrogens is 568 g/mol. The van der Waals surface area contributed by atoms with Crippen molar-refractivity contribution in [1.29, 1.82) is 0 Å². The van der Waals surface area contributed by atoms with Gasteiger partial charge in [-0.3, -0.25) is 39.5 Å². The molecule has 0 spiro atoms. The molecular formula is C28H24N4O9S. The van der Waals surface area contributed by atoms with Crippen molar-refractivity contribution in [2.24, 2.45) is 0 Å². The van der Waals surface area contributed by atoms with Crippen molar-refractivity contribution in [2.75, 3.05) is 19.0 Å². The first-order chi connectivity index (χ1) is 19.9. The van der Waals surface area contributed by atoms with Gasteiger partial charge in [0.25, 0.3) is 16.8 Å². The molecule has 1 N–H and O–H groups in total. The van der Waals surface area contributed by atoms with Gasteiger partial charge >= 0.3 is 5.69 Å². The van der Waals surface area contributed by atoms with Crippen molar-refractivity contribution < 1.29 is 33.7 Å². The van der Waals surface area contributed by atoms with Crippen LogP contribution in [0.2, 0.25) is 0 Å². The summed E-state index contributed by atoms with van der Waals surface area (Å²) >= 11 is 0.614.